The molecule has 1 atom stereocenters. The van der Waals surface area contributed by atoms with Crippen molar-refractivity contribution in [3.05, 3.63) is 72.1 Å². The average molecular weight is 514 g/mol. The van der Waals surface area contributed by atoms with E-state index in [1.807, 2.05) is 55.5 Å². The quantitative estimate of drug-likeness (QED) is 0.398. The zero-order valence-corrected chi connectivity index (χ0v) is 16.8. The molecule has 0 saturated carbocycles. The van der Waals surface area contributed by atoms with Crippen LogP contribution in [0.2, 0.25) is 0 Å². The van der Waals surface area contributed by atoms with E-state index in [1.165, 1.54) is 13.0 Å². The van der Waals surface area contributed by atoms with Crippen LogP contribution in [0.3, 0.4) is 0 Å². The predicted octanol–water partition coefficient (Wildman–Crippen LogP) is 4.23. The van der Waals surface area contributed by atoms with Gasteiger partial charge in [0.05, 0.1) is 22.9 Å². The molecule has 2 N–H and O–H groups in total. The molecule has 3 rings (SSSR count). The van der Waals surface area contributed by atoms with Crippen LogP contribution in [0.15, 0.2) is 60.4 Å². The molecule has 133 valence electrons. The molecule has 1 unspecified atom stereocenters. The molecular formula is C20H21IrN2O2-. The number of benzene rings is 2. The van der Waals surface area contributed by atoms with Crippen molar-refractivity contribution in [2.75, 3.05) is 0 Å². The topological polar surface area (TPSA) is 66.2 Å². The molecule has 0 aliphatic rings. The van der Waals surface area contributed by atoms with Crippen LogP contribution in [0.25, 0.3) is 22.3 Å². The van der Waals surface area contributed by atoms with Crippen LogP contribution in [0, 0.1) is 13.0 Å². The number of hydrogen-bond donors (Lipinski definition) is 2. The summed E-state index contributed by atoms with van der Waals surface area (Å²) >= 11 is 0. The molecule has 2 aromatic carbocycles. The van der Waals surface area contributed by atoms with Crippen LogP contribution in [0.5, 0.6) is 0 Å². The monoisotopic (exact) mass is 514 g/mol. The van der Waals surface area contributed by atoms with Gasteiger partial charge in [-0.25, -0.2) is 0 Å². The second kappa shape index (κ2) is 10.0. The minimum Gasteiger partial charge on any atom is -0.513 e. The summed E-state index contributed by atoms with van der Waals surface area (Å²) in [6.07, 6.45) is 0.824. The summed E-state index contributed by atoms with van der Waals surface area (Å²) in [6, 6.07) is 18.9. The molecular weight excluding hydrogens is 492 g/mol. The molecule has 25 heavy (non-hydrogen) atoms. The van der Waals surface area contributed by atoms with Crippen LogP contribution in [-0.4, -0.2) is 26.3 Å². The maximum absolute atomic E-state index is 8.49. The van der Waals surface area contributed by atoms with Crippen molar-refractivity contribution in [1.82, 2.24) is 9.97 Å². The van der Waals surface area contributed by atoms with Crippen LogP contribution in [0.4, 0.5) is 0 Å². The molecule has 0 aliphatic heterocycles. The number of aliphatic hydroxyl groups excluding tert-OH is 2. The van der Waals surface area contributed by atoms with E-state index >= 15 is 0 Å². The first-order valence-corrected chi connectivity index (χ1v) is 7.73. The first-order valence-electron chi connectivity index (χ1n) is 7.73. The number of aryl methyl sites for hydroxylation is 1. The fourth-order valence-corrected chi connectivity index (χ4v) is 2.23. The van der Waals surface area contributed by atoms with Crippen molar-refractivity contribution < 1.29 is 30.3 Å². The van der Waals surface area contributed by atoms with Crippen LogP contribution in [0.1, 0.15) is 19.5 Å². The van der Waals surface area contributed by atoms with Crippen LogP contribution < -0.4 is 0 Å². The van der Waals surface area contributed by atoms with E-state index in [9.17, 15) is 0 Å². The summed E-state index contributed by atoms with van der Waals surface area (Å²) < 4.78 is 0. The van der Waals surface area contributed by atoms with Gasteiger partial charge in [0.15, 0.2) is 0 Å². The van der Waals surface area contributed by atoms with Gasteiger partial charge in [0.2, 0.25) is 0 Å². The Hall–Kier alpha value is -2.07. The molecule has 0 bridgehead atoms. The van der Waals surface area contributed by atoms with Gasteiger partial charge in [0.25, 0.3) is 0 Å². The van der Waals surface area contributed by atoms with Gasteiger partial charge in [0, 0.05) is 31.5 Å². The number of fused-ring (bicyclic) bond motifs is 1. The van der Waals surface area contributed by atoms with Gasteiger partial charge in [-0.1, -0.05) is 12.1 Å². The summed E-state index contributed by atoms with van der Waals surface area (Å²) in [6.45, 7) is 5.09. The number of para-hydroxylation sites is 2. The number of nitrogens with zero attached hydrogens (tertiary/aromatic N) is 2. The number of hydrogen-bond acceptors (Lipinski definition) is 4. The van der Waals surface area contributed by atoms with E-state index < -0.39 is 6.10 Å². The maximum atomic E-state index is 8.49. The molecule has 3 aromatic rings. The first kappa shape index (κ1) is 21.0. The molecule has 0 aliphatic carbocycles. The summed E-state index contributed by atoms with van der Waals surface area (Å²) in [5, 5.41) is 16.9. The van der Waals surface area contributed by atoms with Crippen molar-refractivity contribution in [3.8, 4) is 11.3 Å². The molecule has 1 aromatic heterocycles. The van der Waals surface area contributed by atoms with E-state index in [0.29, 0.717) is 0 Å². The van der Waals surface area contributed by atoms with Crippen LogP contribution in [-0.2, 0) is 20.1 Å². The number of aromatic nitrogens is 2. The Balaban J connectivity index is 0.000000339. The minimum atomic E-state index is -0.537. The van der Waals surface area contributed by atoms with E-state index in [1.54, 1.807) is 6.92 Å². The van der Waals surface area contributed by atoms with Gasteiger partial charge < -0.3 is 10.2 Å². The minimum absolute atomic E-state index is 0. The Labute approximate surface area is 161 Å². The summed E-state index contributed by atoms with van der Waals surface area (Å²) in [5.74, 6) is 0.162. The molecule has 0 fully saturated rings. The van der Waals surface area contributed by atoms with Crippen molar-refractivity contribution in [1.29, 1.82) is 0 Å². The first-order chi connectivity index (χ1) is 11.5. The zero-order chi connectivity index (χ0) is 17.5. The fourth-order valence-electron chi connectivity index (χ4n) is 2.23. The predicted molar refractivity (Wildman–Crippen MR) is 96.6 cm³/mol. The van der Waals surface area contributed by atoms with Crippen LogP contribution >= 0.6 is 0 Å². The van der Waals surface area contributed by atoms with Crippen molar-refractivity contribution >= 4 is 11.0 Å². The van der Waals surface area contributed by atoms with Gasteiger partial charge in [0.1, 0.15) is 0 Å². The van der Waals surface area contributed by atoms with Crippen molar-refractivity contribution in [2.45, 2.75) is 26.9 Å². The van der Waals surface area contributed by atoms with Gasteiger partial charge in [-0.05, 0) is 39.0 Å². The molecule has 0 saturated heterocycles. The standard InChI is InChI=1S/C15H11N2.C5H10O2.Ir/c1-11-15(12-7-3-2-4-8-12)17-14-10-6-5-9-13(14)16-11;1-4(6)3-5(2)7;/h2-7,9-10H,1H3;3-4,6-7H,1-2H3;/q-1;;/b;5-3-;. The third-order valence-electron chi connectivity index (χ3n) is 3.19. The maximum Gasteiger partial charge on any atom is 0.0877 e. The molecule has 0 amide bonds. The van der Waals surface area contributed by atoms with Gasteiger partial charge in [-0.2, -0.15) is 0 Å². The third-order valence-corrected chi connectivity index (χ3v) is 3.19. The van der Waals surface area contributed by atoms with E-state index in [2.05, 4.69) is 16.0 Å². The summed E-state index contributed by atoms with van der Waals surface area (Å²) in [4.78, 5) is 9.22. The summed E-state index contributed by atoms with van der Waals surface area (Å²) in [5.41, 5.74) is 4.69. The summed E-state index contributed by atoms with van der Waals surface area (Å²) in [7, 11) is 0. The number of rotatable bonds is 2. The Morgan fingerprint density at radius 1 is 1.08 bits per heavy atom. The van der Waals surface area contributed by atoms with Crippen molar-refractivity contribution in [2.24, 2.45) is 0 Å². The molecule has 5 heteroatoms. The number of allylic oxidation sites excluding steroid dienone is 1. The largest absolute Gasteiger partial charge is 0.513 e. The Bertz CT molecular complexity index is 829. The normalized spacial score (nSPS) is 11.9. The zero-order valence-electron chi connectivity index (χ0n) is 14.4. The smallest absolute Gasteiger partial charge is 0.0877 e. The second-order valence-corrected chi connectivity index (χ2v) is 5.47. The average Bonchev–Trinajstić information content (AvgIpc) is 2.54. The Morgan fingerprint density at radius 3 is 2.16 bits per heavy atom. The Kier molecular flexibility index (Phi) is 8.42. The second-order valence-electron chi connectivity index (χ2n) is 5.47. The molecule has 1 heterocycles. The van der Waals surface area contributed by atoms with Gasteiger partial charge >= 0.3 is 0 Å². The van der Waals surface area contributed by atoms with E-state index in [-0.39, 0.29) is 25.9 Å². The van der Waals surface area contributed by atoms with E-state index in [0.717, 1.165) is 28.0 Å². The molecule has 4 nitrogen and oxygen atoms in total. The van der Waals surface area contributed by atoms with Gasteiger partial charge in [-0.15, -0.1) is 35.9 Å². The Morgan fingerprint density at radius 2 is 1.68 bits per heavy atom. The third kappa shape index (κ3) is 6.39. The molecule has 0 spiro atoms. The SMILES string of the molecule is C/C(O)=C/C(C)O.Cc1nc2ccccc2nc1-c1[c-]cccc1.[Ir]. The molecule has 1 radical (unpaired) electrons. The van der Waals surface area contributed by atoms with E-state index in [4.69, 9.17) is 10.2 Å². The van der Waals surface area contributed by atoms with Gasteiger partial charge in [-0.3, -0.25) is 9.97 Å². The fraction of sp³-hybridized carbons (Fsp3) is 0.200. The number of aliphatic hydroxyl groups is 2. The van der Waals surface area contributed by atoms with Crippen molar-refractivity contribution in [3.63, 3.8) is 0 Å².